The number of nitrogens with one attached hydrogen (secondary N) is 1. The molecule has 0 radical (unpaired) electrons. The molecule has 0 fully saturated rings. The van der Waals surface area contributed by atoms with Gasteiger partial charge in [-0.25, -0.2) is 5.84 Å². The molecule has 0 aliphatic carbocycles. The SMILES string of the molecule is NNC(=O)CN=C(c1ccc2ccccc2c1)c1ccc(O)cc1O. The van der Waals surface area contributed by atoms with Gasteiger partial charge in [-0.1, -0.05) is 36.4 Å². The lowest BCUT2D eigenvalue weighted by atomic mass is 9.98. The number of aromatic hydroxyl groups is 2. The van der Waals surface area contributed by atoms with E-state index in [-0.39, 0.29) is 18.0 Å². The highest BCUT2D eigenvalue weighted by Crippen LogP contribution is 2.27. The molecule has 0 bridgehead atoms. The van der Waals surface area contributed by atoms with Gasteiger partial charge in [-0.3, -0.25) is 15.2 Å². The topological polar surface area (TPSA) is 108 Å². The Morgan fingerprint density at radius 1 is 1.00 bits per heavy atom. The second-order valence-electron chi connectivity index (χ2n) is 5.50. The van der Waals surface area contributed by atoms with Crippen LogP contribution in [0.5, 0.6) is 11.5 Å². The summed E-state index contributed by atoms with van der Waals surface area (Å²) in [6.45, 7) is -0.182. The third kappa shape index (κ3) is 3.59. The number of hydrogen-bond acceptors (Lipinski definition) is 5. The van der Waals surface area contributed by atoms with Crippen molar-refractivity contribution < 1.29 is 15.0 Å². The number of phenolic OH excluding ortho intramolecular Hbond substituents is 2. The van der Waals surface area contributed by atoms with Gasteiger partial charge in [0.25, 0.3) is 5.91 Å². The maximum Gasteiger partial charge on any atom is 0.255 e. The van der Waals surface area contributed by atoms with Gasteiger partial charge < -0.3 is 10.2 Å². The van der Waals surface area contributed by atoms with Crippen LogP contribution in [0.3, 0.4) is 0 Å². The first-order valence-electron chi connectivity index (χ1n) is 7.64. The highest BCUT2D eigenvalue weighted by molar-refractivity contribution is 6.16. The lowest BCUT2D eigenvalue weighted by Gasteiger charge is -2.11. The molecule has 0 aliphatic heterocycles. The second kappa shape index (κ2) is 7.02. The van der Waals surface area contributed by atoms with Crippen molar-refractivity contribution in [3.63, 3.8) is 0 Å². The molecule has 0 unspecified atom stereocenters. The van der Waals surface area contributed by atoms with Crippen molar-refractivity contribution in [1.29, 1.82) is 0 Å². The Kier molecular flexibility index (Phi) is 4.63. The highest BCUT2D eigenvalue weighted by Gasteiger charge is 2.13. The molecule has 0 saturated carbocycles. The number of benzene rings is 3. The minimum Gasteiger partial charge on any atom is -0.508 e. The number of rotatable bonds is 4. The maximum atomic E-state index is 11.5. The molecule has 3 aromatic rings. The van der Waals surface area contributed by atoms with Gasteiger partial charge in [0.2, 0.25) is 0 Å². The average Bonchev–Trinajstić information content (AvgIpc) is 2.63. The van der Waals surface area contributed by atoms with E-state index in [1.54, 1.807) is 6.07 Å². The van der Waals surface area contributed by atoms with Gasteiger partial charge in [0.05, 0.1) is 5.71 Å². The third-order valence-electron chi connectivity index (χ3n) is 3.80. The van der Waals surface area contributed by atoms with E-state index in [2.05, 4.69) is 4.99 Å². The van der Waals surface area contributed by atoms with Crippen molar-refractivity contribution in [2.75, 3.05) is 6.54 Å². The van der Waals surface area contributed by atoms with Crippen molar-refractivity contribution in [3.05, 3.63) is 71.8 Å². The summed E-state index contributed by atoms with van der Waals surface area (Å²) in [5.41, 5.74) is 3.62. The Balaban J connectivity index is 2.13. The normalized spacial score (nSPS) is 11.5. The summed E-state index contributed by atoms with van der Waals surface area (Å²) in [4.78, 5) is 15.8. The first-order valence-corrected chi connectivity index (χ1v) is 7.64. The Morgan fingerprint density at radius 2 is 1.76 bits per heavy atom. The van der Waals surface area contributed by atoms with Crippen molar-refractivity contribution in [3.8, 4) is 11.5 Å². The Hall–Kier alpha value is -3.38. The number of hydrogen-bond donors (Lipinski definition) is 4. The smallest absolute Gasteiger partial charge is 0.255 e. The second-order valence-corrected chi connectivity index (χ2v) is 5.50. The van der Waals surface area contributed by atoms with Crippen LogP contribution < -0.4 is 11.3 Å². The van der Waals surface area contributed by atoms with Gasteiger partial charge in [0, 0.05) is 17.2 Å². The predicted octanol–water partition coefficient (Wildman–Crippen LogP) is 2.08. The van der Waals surface area contributed by atoms with Gasteiger partial charge in [0.15, 0.2) is 0 Å². The molecule has 0 heterocycles. The third-order valence-corrected chi connectivity index (χ3v) is 3.80. The number of amides is 1. The molecular weight excluding hydrogens is 318 g/mol. The predicted molar refractivity (Wildman–Crippen MR) is 96.6 cm³/mol. The average molecular weight is 335 g/mol. The van der Waals surface area contributed by atoms with E-state index in [0.29, 0.717) is 11.3 Å². The van der Waals surface area contributed by atoms with E-state index in [1.807, 2.05) is 47.9 Å². The van der Waals surface area contributed by atoms with Crippen LogP contribution in [0.2, 0.25) is 0 Å². The van der Waals surface area contributed by atoms with E-state index in [1.165, 1.54) is 12.1 Å². The van der Waals surface area contributed by atoms with Gasteiger partial charge in [0.1, 0.15) is 18.0 Å². The molecule has 0 aliphatic rings. The molecule has 0 aromatic heterocycles. The van der Waals surface area contributed by atoms with E-state index >= 15 is 0 Å². The molecule has 25 heavy (non-hydrogen) atoms. The van der Waals surface area contributed by atoms with Crippen molar-refractivity contribution in [2.45, 2.75) is 0 Å². The fraction of sp³-hybridized carbons (Fsp3) is 0.0526. The van der Waals surface area contributed by atoms with Gasteiger partial charge in [-0.2, -0.15) is 0 Å². The zero-order valence-corrected chi connectivity index (χ0v) is 13.3. The van der Waals surface area contributed by atoms with Crippen LogP contribution in [0.25, 0.3) is 10.8 Å². The molecule has 0 spiro atoms. The number of aliphatic imine (C=N–C) groups is 1. The summed E-state index contributed by atoms with van der Waals surface area (Å²) in [6.07, 6.45) is 0. The van der Waals surface area contributed by atoms with E-state index in [9.17, 15) is 15.0 Å². The minimum absolute atomic E-state index is 0.0567. The maximum absolute atomic E-state index is 11.5. The number of nitrogens with zero attached hydrogens (tertiary/aromatic N) is 1. The van der Waals surface area contributed by atoms with Crippen molar-refractivity contribution in [1.82, 2.24) is 5.43 Å². The number of carbonyl (C=O) groups is 1. The largest absolute Gasteiger partial charge is 0.508 e. The minimum atomic E-state index is -0.448. The summed E-state index contributed by atoms with van der Waals surface area (Å²) >= 11 is 0. The molecule has 0 saturated heterocycles. The van der Waals surface area contributed by atoms with Crippen LogP contribution in [-0.4, -0.2) is 28.4 Å². The van der Waals surface area contributed by atoms with Crippen LogP contribution in [0.15, 0.2) is 65.7 Å². The van der Waals surface area contributed by atoms with E-state index in [4.69, 9.17) is 5.84 Å². The molecule has 3 aromatic carbocycles. The lowest BCUT2D eigenvalue weighted by molar-refractivity contribution is -0.119. The number of phenols is 2. The highest BCUT2D eigenvalue weighted by atomic mass is 16.3. The number of nitrogens with two attached hydrogens (primary N) is 1. The Bertz CT molecular complexity index is 967. The van der Waals surface area contributed by atoms with Gasteiger partial charge >= 0.3 is 0 Å². The van der Waals surface area contributed by atoms with Gasteiger partial charge in [-0.15, -0.1) is 0 Å². The zero-order valence-electron chi connectivity index (χ0n) is 13.3. The molecule has 3 rings (SSSR count). The number of fused-ring (bicyclic) bond motifs is 1. The molecule has 5 N–H and O–H groups in total. The van der Waals surface area contributed by atoms with Gasteiger partial charge in [-0.05, 0) is 29.0 Å². The van der Waals surface area contributed by atoms with Crippen molar-refractivity contribution in [2.24, 2.45) is 10.8 Å². The summed E-state index contributed by atoms with van der Waals surface area (Å²) in [6, 6.07) is 17.8. The molecule has 1 amide bonds. The van der Waals surface area contributed by atoms with Crippen LogP contribution in [0.4, 0.5) is 0 Å². The molecule has 6 heteroatoms. The Labute approximate surface area is 144 Å². The summed E-state index contributed by atoms with van der Waals surface area (Å²) < 4.78 is 0. The summed E-state index contributed by atoms with van der Waals surface area (Å²) in [5, 5.41) is 21.8. The van der Waals surface area contributed by atoms with Crippen LogP contribution >= 0.6 is 0 Å². The number of hydrazine groups is 1. The summed E-state index contributed by atoms with van der Waals surface area (Å²) in [7, 11) is 0. The summed E-state index contributed by atoms with van der Waals surface area (Å²) in [5.74, 6) is 4.48. The first-order chi connectivity index (χ1) is 12.1. The van der Waals surface area contributed by atoms with Crippen LogP contribution in [0.1, 0.15) is 11.1 Å². The molecule has 6 nitrogen and oxygen atoms in total. The quantitative estimate of drug-likeness (QED) is 0.253. The van der Waals surface area contributed by atoms with Crippen LogP contribution in [0, 0.1) is 0 Å². The monoisotopic (exact) mass is 335 g/mol. The molecule has 0 atom stereocenters. The molecule has 126 valence electrons. The lowest BCUT2D eigenvalue weighted by Crippen LogP contribution is -2.32. The fourth-order valence-electron chi connectivity index (χ4n) is 2.59. The first kappa shape index (κ1) is 16.5. The Morgan fingerprint density at radius 3 is 2.48 bits per heavy atom. The fourth-order valence-corrected chi connectivity index (χ4v) is 2.59. The van der Waals surface area contributed by atoms with Crippen molar-refractivity contribution >= 4 is 22.4 Å². The van der Waals surface area contributed by atoms with E-state index in [0.717, 1.165) is 16.3 Å². The standard InChI is InChI=1S/C19H17N3O3/c20-22-18(25)11-21-19(16-8-7-15(23)10-17(16)24)14-6-5-12-3-1-2-4-13(12)9-14/h1-10,23-24H,11,20H2,(H,22,25). The van der Waals surface area contributed by atoms with Crippen LogP contribution in [-0.2, 0) is 4.79 Å². The zero-order chi connectivity index (χ0) is 17.8. The number of carbonyl (C=O) groups excluding carboxylic acids is 1. The molecular formula is C19H17N3O3. The van der Waals surface area contributed by atoms with E-state index < -0.39 is 5.91 Å².